The molecule has 1 aliphatic heterocycles. The zero-order chi connectivity index (χ0) is 19.5. The van der Waals surface area contributed by atoms with Gasteiger partial charge in [0.2, 0.25) is 5.95 Å². The minimum absolute atomic E-state index is 0.166. The maximum Gasteiger partial charge on any atom is 0.268 e. The number of benzene rings is 1. The van der Waals surface area contributed by atoms with Gasteiger partial charge in [0.25, 0.3) is 5.56 Å². The molecule has 1 saturated heterocycles. The van der Waals surface area contributed by atoms with E-state index in [0.29, 0.717) is 0 Å². The number of rotatable bonds is 6. The molecule has 148 valence electrons. The predicted octanol–water partition coefficient (Wildman–Crippen LogP) is 3.07. The molecule has 4 rings (SSSR count). The van der Waals surface area contributed by atoms with Gasteiger partial charge in [-0.25, -0.2) is 9.97 Å². The maximum absolute atomic E-state index is 12.6. The van der Waals surface area contributed by atoms with Gasteiger partial charge in [0.1, 0.15) is 0 Å². The normalized spacial score (nSPS) is 15.4. The van der Waals surface area contributed by atoms with Gasteiger partial charge in [0, 0.05) is 45.1 Å². The predicted molar refractivity (Wildman–Crippen MR) is 115 cm³/mol. The highest BCUT2D eigenvalue weighted by atomic mass is 32.1. The Balaban J connectivity index is 1.26. The Hall–Kier alpha value is -2.25. The van der Waals surface area contributed by atoms with Crippen molar-refractivity contribution < 1.29 is 0 Å². The average Bonchev–Trinajstić information content (AvgIpc) is 3.05. The largest absolute Gasteiger partial charge is 0.338 e. The first-order valence-corrected chi connectivity index (χ1v) is 10.7. The van der Waals surface area contributed by atoms with E-state index in [0.717, 1.165) is 68.1 Å². The fourth-order valence-electron chi connectivity index (χ4n) is 3.73. The lowest BCUT2D eigenvalue weighted by Gasteiger charge is -2.34. The SMILES string of the molecule is Cc1ccc2c(=O)n(CCCCN3CCN(c4ncccn4)CC3)sc2c1C. The number of nitrogens with zero attached hydrogens (tertiary/aromatic N) is 5. The summed E-state index contributed by atoms with van der Waals surface area (Å²) < 4.78 is 3.08. The Bertz CT molecular complexity index is 989. The van der Waals surface area contributed by atoms with Crippen molar-refractivity contribution in [3.63, 3.8) is 0 Å². The van der Waals surface area contributed by atoms with E-state index in [2.05, 4.69) is 39.7 Å². The molecule has 3 aromatic rings. The van der Waals surface area contributed by atoms with E-state index >= 15 is 0 Å². The van der Waals surface area contributed by atoms with E-state index in [-0.39, 0.29) is 5.56 Å². The van der Waals surface area contributed by atoms with E-state index in [9.17, 15) is 4.79 Å². The van der Waals surface area contributed by atoms with Crippen LogP contribution in [0.1, 0.15) is 24.0 Å². The van der Waals surface area contributed by atoms with Crippen molar-refractivity contribution in [1.82, 2.24) is 18.8 Å². The highest BCUT2D eigenvalue weighted by Crippen LogP contribution is 2.24. The molecule has 1 aromatic carbocycles. The number of hydrogen-bond donors (Lipinski definition) is 0. The quantitative estimate of drug-likeness (QED) is 0.599. The molecule has 0 radical (unpaired) electrons. The maximum atomic E-state index is 12.6. The number of unbranched alkanes of at least 4 members (excludes halogenated alkanes) is 1. The molecule has 0 spiro atoms. The third kappa shape index (κ3) is 3.95. The average molecular weight is 398 g/mol. The van der Waals surface area contributed by atoms with Crippen LogP contribution in [0.5, 0.6) is 0 Å². The van der Waals surface area contributed by atoms with Gasteiger partial charge in [-0.2, -0.15) is 0 Å². The van der Waals surface area contributed by atoms with E-state index in [1.165, 1.54) is 11.1 Å². The molecule has 2 aromatic heterocycles. The number of fused-ring (bicyclic) bond motifs is 1. The summed E-state index contributed by atoms with van der Waals surface area (Å²) in [5.41, 5.74) is 2.65. The molecule has 6 nitrogen and oxygen atoms in total. The minimum Gasteiger partial charge on any atom is -0.338 e. The Labute approximate surface area is 169 Å². The third-order valence-corrected chi connectivity index (χ3v) is 6.91. The first kappa shape index (κ1) is 19.1. The molecule has 3 heterocycles. The third-order valence-electron chi connectivity index (χ3n) is 5.63. The zero-order valence-electron chi connectivity index (χ0n) is 16.6. The van der Waals surface area contributed by atoms with Crippen molar-refractivity contribution in [3.05, 3.63) is 52.1 Å². The van der Waals surface area contributed by atoms with Crippen molar-refractivity contribution >= 4 is 27.6 Å². The fourth-order valence-corrected chi connectivity index (χ4v) is 4.90. The summed E-state index contributed by atoms with van der Waals surface area (Å²) in [6.45, 7) is 10.1. The number of piperazine rings is 1. The summed E-state index contributed by atoms with van der Waals surface area (Å²) in [7, 11) is 0. The molecule has 0 unspecified atom stereocenters. The lowest BCUT2D eigenvalue weighted by Crippen LogP contribution is -2.47. The molecule has 0 aliphatic carbocycles. The van der Waals surface area contributed by atoms with E-state index in [1.807, 2.05) is 16.1 Å². The fraction of sp³-hybridized carbons (Fsp3) is 0.476. The monoisotopic (exact) mass is 397 g/mol. The van der Waals surface area contributed by atoms with Gasteiger partial charge in [0.05, 0.1) is 10.1 Å². The Morgan fingerprint density at radius 2 is 1.71 bits per heavy atom. The van der Waals surface area contributed by atoms with Gasteiger partial charge in [-0.15, -0.1) is 0 Å². The second kappa shape index (κ2) is 8.41. The van der Waals surface area contributed by atoms with Crippen LogP contribution in [0, 0.1) is 13.8 Å². The van der Waals surface area contributed by atoms with Gasteiger partial charge < -0.3 is 4.90 Å². The summed E-state index contributed by atoms with van der Waals surface area (Å²) in [6, 6.07) is 5.88. The minimum atomic E-state index is 0.166. The summed E-state index contributed by atoms with van der Waals surface area (Å²) in [4.78, 5) is 26.0. The van der Waals surface area contributed by atoms with Crippen LogP contribution in [0.15, 0.2) is 35.4 Å². The van der Waals surface area contributed by atoms with Gasteiger partial charge in [-0.05, 0) is 56.5 Å². The number of aromatic nitrogens is 3. The first-order chi connectivity index (χ1) is 13.6. The van der Waals surface area contributed by atoms with Crippen LogP contribution in [0.4, 0.5) is 5.95 Å². The number of anilines is 1. The first-order valence-electron chi connectivity index (χ1n) is 9.98. The highest BCUT2D eigenvalue weighted by molar-refractivity contribution is 7.14. The number of aryl methyl sites for hydroxylation is 3. The standard InChI is InChI=1S/C21H27N5OS/c1-16-6-7-18-19(17(16)2)28-26(20(18)27)11-4-3-10-24-12-14-25(15-13-24)21-22-8-5-9-23-21/h5-9H,3-4,10-15H2,1-2H3. The molecular formula is C21H27N5OS. The van der Waals surface area contributed by atoms with E-state index in [1.54, 1.807) is 23.9 Å². The summed E-state index contributed by atoms with van der Waals surface area (Å²) in [6.07, 6.45) is 5.74. The Kier molecular flexibility index (Phi) is 5.73. The van der Waals surface area contributed by atoms with Crippen LogP contribution in [-0.4, -0.2) is 51.5 Å². The lowest BCUT2D eigenvalue weighted by molar-refractivity contribution is 0.250. The van der Waals surface area contributed by atoms with Crippen LogP contribution >= 0.6 is 11.5 Å². The van der Waals surface area contributed by atoms with Gasteiger partial charge in [-0.1, -0.05) is 17.6 Å². The topological polar surface area (TPSA) is 54.3 Å². The molecule has 1 fully saturated rings. The van der Waals surface area contributed by atoms with Crippen molar-refractivity contribution in [2.45, 2.75) is 33.2 Å². The second-order valence-electron chi connectivity index (χ2n) is 7.47. The second-order valence-corrected chi connectivity index (χ2v) is 8.50. The van der Waals surface area contributed by atoms with Crippen LogP contribution in [-0.2, 0) is 6.54 Å². The van der Waals surface area contributed by atoms with Crippen LogP contribution in [0.25, 0.3) is 10.1 Å². The summed E-state index contributed by atoms with van der Waals surface area (Å²) in [5.74, 6) is 0.830. The molecule has 0 saturated carbocycles. The molecule has 0 N–H and O–H groups in total. The van der Waals surface area contributed by atoms with Gasteiger partial charge >= 0.3 is 0 Å². The van der Waals surface area contributed by atoms with Gasteiger partial charge in [-0.3, -0.25) is 13.7 Å². The van der Waals surface area contributed by atoms with Crippen LogP contribution in [0.2, 0.25) is 0 Å². The van der Waals surface area contributed by atoms with Crippen LogP contribution in [0.3, 0.4) is 0 Å². The smallest absolute Gasteiger partial charge is 0.268 e. The van der Waals surface area contributed by atoms with Crippen LogP contribution < -0.4 is 10.5 Å². The summed E-state index contributed by atoms with van der Waals surface area (Å²) >= 11 is 1.62. The zero-order valence-corrected chi connectivity index (χ0v) is 17.4. The molecule has 28 heavy (non-hydrogen) atoms. The molecule has 0 atom stereocenters. The van der Waals surface area contributed by atoms with Gasteiger partial charge in [0.15, 0.2) is 0 Å². The van der Waals surface area contributed by atoms with Crippen molar-refractivity contribution in [3.8, 4) is 0 Å². The molecule has 1 aliphatic rings. The van der Waals surface area contributed by atoms with Crippen molar-refractivity contribution in [2.75, 3.05) is 37.6 Å². The molecular weight excluding hydrogens is 370 g/mol. The Morgan fingerprint density at radius 1 is 1.00 bits per heavy atom. The van der Waals surface area contributed by atoms with E-state index < -0.39 is 0 Å². The molecule has 0 bridgehead atoms. The van der Waals surface area contributed by atoms with Crippen molar-refractivity contribution in [1.29, 1.82) is 0 Å². The summed E-state index contributed by atoms with van der Waals surface area (Å²) in [5, 5.41) is 0.868. The molecule has 7 heteroatoms. The molecule has 0 amide bonds. The number of hydrogen-bond acceptors (Lipinski definition) is 6. The van der Waals surface area contributed by atoms with Crippen molar-refractivity contribution in [2.24, 2.45) is 0 Å². The lowest BCUT2D eigenvalue weighted by atomic mass is 10.1. The Morgan fingerprint density at radius 3 is 2.46 bits per heavy atom. The highest BCUT2D eigenvalue weighted by Gasteiger charge is 2.18. The van der Waals surface area contributed by atoms with E-state index in [4.69, 9.17) is 0 Å².